The second-order valence-electron chi connectivity index (χ2n) is 5.52. The van der Waals surface area contributed by atoms with Crippen LogP contribution < -0.4 is 9.47 Å². The molecule has 2 aliphatic heterocycles. The van der Waals surface area contributed by atoms with Gasteiger partial charge in [-0.15, -0.1) is 0 Å². The standard InChI is InChI=1S/C16H14ClNO4S/c17-13-2-1-3-14(8-13)23(19,20)18-5-4-11-6-15-16(22-10-21-15)7-12(11)9-18/h1-3,6-8H,4-5,9-10H2. The number of rotatable bonds is 2. The zero-order valence-corrected chi connectivity index (χ0v) is 13.7. The minimum Gasteiger partial charge on any atom is -0.454 e. The van der Waals surface area contributed by atoms with Crippen molar-refractivity contribution in [2.24, 2.45) is 0 Å². The summed E-state index contributed by atoms with van der Waals surface area (Å²) in [6.07, 6.45) is 0.645. The lowest BCUT2D eigenvalue weighted by atomic mass is 10.0. The van der Waals surface area contributed by atoms with E-state index in [9.17, 15) is 8.42 Å². The summed E-state index contributed by atoms with van der Waals surface area (Å²) in [6, 6.07) is 10.2. The van der Waals surface area contributed by atoms with Crippen molar-refractivity contribution in [3.05, 3.63) is 52.5 Å². The molecule has 5 nitrogen and oxygen atoms in total. The summed E-state index contributed by atoms with van der Waals surface area (Å²) in [5, 5.41) is 0.409. The summed E-state index contributed by atoms with van der Waals surface area (Å²) in [6.45, 7) is 0.963. The molecule has 23 heavy (non-hydrogen) atoms. The highest BCUT2D eigenvalue weighted by molar-refractivity contribution is 7.89. The van der Waals surface area contributed by atoms with Crippen molar-refractivity contribution in [2.75, 3.05) is 13.3 Å². The number of halogens is 1. The largest absolute Gasteiger partial charge is 0.454 e. The Morgan fingerprint density at radius 1 is 1.04 bits per heavy atom. The molecule has 2 heterocycles. The van der Waals surface area contributed by atoms with Crippen LogP contribution in [0.25, 0.3) is 0 Å². The first-order valence-electron chi connectivity index (χ1n) is 7.21. The Bertz CT molecular complexity index is 882. The van der Waals surface area contributed by atoms with Gasteiger partial charge in [0.25, 0.3) is 0 Å². The quantitative estimate of drug-likeness (QED) is 0.834. The molecular weight excluding hydrogens is 338 g/mol. The van der Waals surface area contributed by atoms with Gasteiger partial charge in [0.05, 0.1) is 4.90 Å². The van der Waals surface area contributed by atoms with Crippen LogP contribution in [0.5, 0.6) is 11.5 Å². The van der Waals surface area contributed by atoms with Crippen LogP contribution in [-0.4, -0.2) is 26.1 Å². The van der Waals surface area contributed by atoms with Crippen LogP contribution >= 0.6 is 11.6 Å². The van der Waals surface area contributed by atoms with Crippen molar-refractivity contribution in [1.29, 1.82) is 0 Å². The highest BCUT2D eigenvalue weighted by Crippen LogP contribution is 2.37. The Kier molecular flexibility index (Phi) is 3.48. The van der Waals surface area contributed by atoms with Crippen molar-refractivity contribution in [3.63, 3.8) is 0 Å². The van der Waals surface area contributed by atoms with Gasteiger partial charge >= 0.3 is 0 Å². The average molecular weight is 352 g/mol. The fourth-order valence-electron chi connectivity index (χ4n) is 2.90. The molecule has 7 heteroatoms. The van der Waals surface area contributed by atoms with E-state index in [1.807, 2.05) is 12.1 Å². The maximum absolute atomic E-state index is 12.8. The molecule has 0 fully saturated rings. The summed E-state index contributed by atoms with van der Waals surface area (Å²) in [5.41, 5.74) is 2.05. The number of hydrogen-bond acceptors (Lipinski definition) is 4. The smallest absolute Gasteiger partial charge is 0.243 e. The number of sulfonamides is 1. The highest BCUT2D eigenvalue weighted by atomic mass is 35.5. The zero-order chi connectivity index (χ0) is 16.0. The molecule has 0 amide bonds. The van der Waals surface area contributed by atoms with E-state index in [0.717, 1.165) is 16.9 Å². The van der Waals surface area contributed by atoms with Gasteiger partial charge < -0.3 is 9.47 Å². The van der Waals surface area contributed by atoms with Crippen LogP contribution in [-0.2, 0) is 23.0 Å². The molecular formula is C16H14ClNO4S. The highest BCUT2D eigenvalue weighted by Gasteiger charge is 2.30. The van der Waals surface area contributed by atoms with Crippen LogP contribution in [0, 0.1) is 0 Å². The van der Waals surface area contributed by atoms with E-state index >= 15 is 0 Å². The van der Waals surface area contributed by atoms with Crippen molar-refractivity contribution < 1.29 is 17.9 Å². The number of hydrogen-bond donors (Lipinski definition) is 0. The molecule has 0 saturated heterocycles. The van der Waals surface area contributed by atoms with Crippen LogP contribution in [0.1, 0.15) is 11.1 Å². The molecule has 0 N–H and O–H groups in total. The van der Waals surface area contributed by atoms with Crippen LogP contribution in [0.4, 0.5) is 0 Å². The minimum absolute atomic E-state index is 0.211. The molecule has 0 radical (unpaired) electrons. The SMILES string of the molecule is O=S(=O)(c1cccc(Cl)c1)N1CCc2cc3c(cc2C1)OCO3. The lowest BCUT2D eigenvalue weighted by Crippen LogP contribution is -2.35. The summed E-state index contributed by atoms with van der Waals surface area (Å²) in [7, 11) is -3.56. The number of benzene rings is 2. The second-order valence-corrected chi connectivity index (χ2v) is 7.89. The van der Waals surface area contributed by atoms with Crippen molar-refractivity contribution >= 4 is 21.6 Å². The molecule has 0 aliphatic carbocycles. The number of fused-ring (bicyclic) bond motifs is 2. The molecule has 0 bridgehead atoms. The third-order valence-electron chi connectivity index (χ3n) is 4.11. The molecule has 0 spiro atoms. The van der Waals surface area contributed by atoms with Crippen LogP contribution in [0.2, 0.25) is 5.02 Å². The molecule has 2 aromatic carbocycles. The maximum Gasteiger partial charge on any atom is 0.243 e. The van der Waals surface area contributed by atoms with Crippen LogP contribution in [0.3, 0.4) is 0 Å². The van der Waals surface area contributed by atoms with Gasteiger partial charge in [-0.1, -0.05) is 17.7 Å². The van der Waals surface area contributed by atoms with Gasteiger partial charge in [0, 0.05) is 18.1 Å². The maximum atomic E-state index is 12.8. The summed E-state index contributed by atoms with van der Waals surface area (Å²) in [4.78, 5) is 0.217. The Morgan fingerprint density at radius 3 is 2.52 bits per heavy atom. The Labute approximate surface area is 139 Å². The van der Waals surface area contributed by atoms with Gasteiger partial charge in [-0.2, -0.15) is 4.31 Å². The Hall–Kier alpha value is -1.76. The van der Waals surface area contributed by atoms with Gasteiger partial charge in [0.15, 0.2) is 11.5 Å². The molecule has 0 unspecified atom stereocenters. The van der Waals surface area contributed by atoms with Gasteiger partial charge in [0.2, 0.25) is 16.8 Å². The lowest BCUT2D eigenvalue weighted by Gasteiger charge is -2.28. The van der Waals surface area contributed by atoms with E-state index in [4.69, 9.17) is 21.1 Å². The Balaban J connectivity index is 1.67. The Morgan fingerprint density at radius 2 is 1.78 bits per heavy atom. The topological polar surface area (TPSA) is 55.8 Å². The summed E-state index contributed by atoms with van der Waals surface area (Å²) in [5.74, 6) is 1.40. The van der Waals surface area contributed by atoms with Crippen LogP contribution in [0.15, 0.2) is 41.3 Å². The first-order chi connectivity index (χ1) is 11.0. The first kappa shape index (κ1) is 14.8. The van der Waals surface area contributed by atoms with Gasteiger partial charge in [-0.3, -0.25) is 0 Å². The molecule has 0 atom stereocenters. The lowest BCUT2D eigenvalue weighted by molar-refractivity contribution is 0.174. The fourth-order valence-corrected chi connectivity index (χ4v) is 4.62. The fraction of sp³-hybridized carbons (Fsp3) is 0.250. The molecule has 2 aliphatic rings. The van der Waals surface area contributed by atoms with E-state index in [1.54, 1.807) is 18.2 Å². The van der Waals surface area contributed by atoms with E-state index in [-0.39, 0.29) is 11.7 Å². The minimum atomic E-state index is -3.56. The van der Waals surface area contributed by atoms with Crippen molar-refractivity contribution in [2.45, 2.75) is 17.9 Å². The molecule has 120 valence electrons. The van der Waals surface area contributed by atoms with Gasteiger partial charge in [-0.05, 0) is 47.9 Å². The first-order valence-corrected chi connectivity index (χ1v) is 9.03. The van der Waals surface area contributed by atoms with Gasteiger partial charge in [0.1, 0.15) is 0 Å². The van der Waals surface area contributed by atoms with Crippen molar-refractivity contribution in [3.8, 4) is 11.5 Å². The number of nitrogens with zero attached hydrogens (tertiary/aromatic N) is 1. The zero-order valence-electron chi connectivity index (χ0n) is 12.2. The summed E-state index contributed by atoms with van der Waals surface area (Å²) < 4.78 is 37.8. The van der Waals surface area contributed by atoms with Gasteiger partial charge in [-0.25, -0.2) is 8.42 Å². The average Bonchev–Trinajstić information content (AvgIpc) is 2.99. The third-order valence-corrected chi connectivity index (χ3v) is 6.18. The number of ether oxygens (including phenoxy) is 2. The molecule has 4 rings (SSSR count). The van der Waals surface area contributed by atoms with E-state index in [1.165, 1.54) is 10.4 Å². The van der Waals surface area contributed by atoms with Crippen molar-refractivity contribution in [1.82, 2.24) is 4.31 Å². The van der Waals surface area contributed by atoms with E-state index in [0.29, 0.717) is 30.3 Å². The van der Waals surface area contributed by atoms with E-state index < -0.39 is 10.0 Å². The van der Waals surface area contributed by atoms with E-state index in [2.05, 4.69) is 0 Å². The predicted molar refractivity (Wildman–Crippen MR) is 85.3 cm³/mol. The molecule has 0 saturated carbocycles. The normalized spacial score (nSPS) is 17.1. The monoisotopic (exact) mass is 351 g/mol. The predicted octanol–water partition coefficient (Wildman–Crippen LogP) is 2.82. The molecule has 2 aromatic rings. The molecule has 0 aromatic heterocycles. The second kappa shape index (κ2) is 5.40. The third kappa shape index (κ3) is 2.56. The summed E-state index contributed by atoms with van der Waals surface area (Å²) >= 11 is 5.92.